The van der Waals surface area contributed by atoms with Gasteiger partial charge in [-0.3, -0.25) is 4.68 Å². The minimum atomic E-state index is -4.32. The number of nitrogens with one attached hydrogen (secondary N) is 2. The van der Waals surface area contributed by atoms with Gasteiger partial charge in [0.2, 0.25) is 5.88 Å². The van der Waals surface area contributed by atoms with E-state index in [1.165, 1.54) is 16.9 Å². The van der Waals surface area contributed by atoms with E-state index in [4.69, 9.17) is 9.47 Å². The Bertz CT molecular complexity index is 1570. The van der Waals surface area contributed by atoms with Gasteiger partial charge in [-0.2, -0.15) is 13.5 Å². The molecule has 1 aliphatic carbocycles. The maximum Gasteiger partial charge on any atom is 0.459 e. The molecule has 2 amide bonds. The fourth-order valence-electron chi connectivity index (χ4n) is 5.38. The van der Waals surface area contributed by atoms with E-state index in [2.05, 4.69) is 26.2 Å². The molecule has 42 heavy (non-hydrogen) atoms. The first-order valence-corrected chi connectivity index (χ1v) is 15.5. The van der Waals surface area contributed by atoms with Crippen molar-refractivity contribution in [2.75, 3.05) is 18.5 Å². The summed E-state index contributed by atoms with van der Waals surface area (Å²) in [6, 6.07) is 6.15. The molecule has 0 spiro atoms. The second-order valence-corrected chi connectivity index (χ2v) is 13.1. The molecule has 224 valence electrons. The summed E-state index contributed by atoms with van der Waals surface area (Å²) in [5, 5.41) is 24.7. The fraction of sp³-hybridized carbons (Fsp3) is 0.464. The molecule has 12 nitrogen and oxygen atoms in total. The molecule has 14 heteroatoms. The van der Waals surface area contributed by atoms with Gasteiger partial charge in [0, 0.05) is 48.7 Å². The molecule has 1 fully saturated rings. The van der Waals surface area contributed by atoms with Crippen LogP contribution in [0.1, 0.15) is 49.8 Å². The molecular weight excluding hydrogens is 561 g/mol. The number of hydrogen-bond donors (Lipinski definition) is 4. The number of amides is 2. The quantitative estimate of drug-likeness (QED) is 0.271. The van der Waals surface area contributed by atoms with Crippen molar-refractivity contribution in [1.29, 1.82) is 0 Å². The number of aromatic nitrogens is 3. The number of benzene rings is 1. The maximum atomic E-state index is 13.2. The molecule has 1 saturated heterocycles. The molecular formula is C28H36BN5O7S. The Balaban J connectivity index is 1.39. The highest BCUT2D eigenvalue weighted by atomic mass is 32.2. The van der Waals surface area contributed by atoms with Crippen LogP contribution in [0.5, 0.6) is 5.88 Å². The van der Waals surface area contributed by atoms with E-state index in [9.17, 15) is 23.3 Å². The van der Waals surface area contributed by atoms with Crippen LogP contribution in [-0.2, 0) is 34.1 Å². The zero-order valence-electron chi connectivity index (χ0n) is 24.0. The van der Waals surface area contributed by atoms with Crippen molar-refractivity contribution in [2.24, 2.45) is 0 Å². The van der Waals surface area contributed by atoms with Gasteiger partial charge < -0.3 is 24.8 Å². The lowest BCUT2D eigenvalue weighted by Crippen LogP contribution is -2.35. The van der Waals surface area contributed by atoms with Gasteiger partial charge in [-0.1, -0.05) is 19.9 Å². The smallest absolute Gasteiger partial charge is 0.459 e. The monoisotopic (exact) mass is 597 g/mol. The average molecular weight is 598 g/mol. The van der Waals surface area contributed by atoms with E-state index in [0.717, 1.165) is 59.9 Å². The normalized spacial score (nSPS) is 15.7. The van der Waals surface area contributed by atoms with E-state index in [1.807, 2.05) is 19.1 Å². The number of ether oxygens (including phenoxy) is 2. The summed E-state index contributed by atoms with van der Waals surface area (Å²) in [5.74, 6) is 0.477. The molecule has 0 atom stereocenters. The Morgan fingerprint density at radius 3 is 2.71 bits per heavy atom. The topological polar surface area (TPSA) is 165 Å². The molecule has 0 bridgehead atoms. The molecule has 1 aliphatic heterocycles. The van der Waals surface area contributed by atoms with Gasteiger partial charge in [0.15, 0.2) is 5.03 Å². The third-order valence-corrected chi connectivity index (χ3v) is 8.92. The number of fused-ring (bicyclic) bond motifs is 1. The predicted octanol–water partition coefficient (Wildman–Crippen LogP) is 3.06. The van der Waals surface area contributed by atoms with Crippen LogP contribution in [0.25, 0.3) is 11.1 Å². The van der Waals surface area contributed by atoms with Crippen LogP contribution in [-0.4, -0.2) is 65.7 Å². The molecule has 3 heterocycles. The van der Waals surface area contributed by atoms with Crippen LogP contribution in [0.2, 0.25) is 5.31 Å². The summed E-state index contributed by atoms with van der Waals surface area (Å²) < 4.78 is 41.0. The van der Waals surface area contributed by atoms with Crippen LogP contribution in [0.4, 0.5) is 10.5 Å². The third-order valence-electron chi connectivity index (χ3n) is 7.70. The largest absolute Gasteiger partial charge is 0.474 e. The Hall–Kier alpha value is -3.46. The van der Waals surface area contributed by atoms with Crippen molar-refractivity contribution >= 4 is 28.9 Å². The predicted molar refractivity (Wildman–Crippen MR) is 157 cm³/mol. The number of carbonyl (C=O) groups is 1. The molecule has 0 radical (unpaired) electrons. The number of hydrogen-bond acceptors (Lipinski definition) is 9. The number of anilines is 1. The number of pyridine rings is 1. The molecule has 0 unspecified atom stereocenters. The Labute approximate surface area is 245 Å². The van der Waals surface area contributed by atoms with Gasteiger partial charge in [-0.05, 0) is 60.6 Å². The highest BCUT2D eigenvalue weighted by molar-refractivity contribution is 7.90. The maximum absolute atomic E-state index is 13.2. The van der Waals surface area contributed by atoms with Crippen molar-refractivity contribution in [3.8, 4) is 17.0 Å². The molecule has 2 aromatic heterocycles. The Morgan fingerprint density at radius 2 is 1.98 bits per heavy atom. The van der Waals surface area contributed by atoms with Gasteiger partial charge in [0.1, 0.15) is 6.10 Å². The van der Waals surface area contributed by atoms with Crippen LogP contribution in [0.3, 0.4) is 0 Å². The summed E-state index contributed by atoms with van der Waals surface area (Å²) in [4.78, 5) is 17.6. The summed E-state index contributed by atoms with van der Waals surface area (Å²) in [7, 11) is -5.94. The fourth-order valence-corrected chi connectivity index (χ4v) is 6.24. The van der Waals surface area contributed by atoms with Crippen LogP contribution < -0.4 is 14.8 Å². The number of rotatable bonds is 9. The van der Waals surface area contributed by atoms with E-state index in [0.29, 0.717) is 24.8 Å². The van der Waals surface area contributed by atoms with Gasteiger partial charge in [0.05, 0.1) is 18.9 Å². The summed E-state index contributed by atoms with van der Waals surface area (Å²) in [6.45, 7) is 6.52. The highest BCUT2D eigenvalue weighted by Crippen LogP contribution is 2.41. The van der Waals surface area contributed by atoms with Crippen molar-refractivity contribution < 1.29 is 32.7 Å². The second kappa shape index (κ2) is 12.0. The Kier molecular flexibility index (Phi) is 8.60. The third kappa shape index (κ3) is 6.62. The van der Waals surface area contributed by atoms with E-state index in [-0.39, 0.29) is 17.7 Å². The lowest BCUT2D eigenvalue weighted by atomic mass is 9.60. The van der Waals surface area contributed by atoms with Gasteiger partial charge in [0.25, 0.3) is 10.0 Å². The SMILES string of the molecule is Cc1cc2c(c(NC(=O)NS(=O)(=O)c3ccn(CC(C)(C)B(O)O)n3)c1-c1ccnc(OC3CCOCC3)c1)CCC2. The summed E-state index contributed by atoms with van der Waals surface area (Å²) >= 11 is 0. The number of aryl methyl sites for hydroxylation is 2. The number of carbonyl (C=O) groups excluding carboxylic acids is 1. The highest BCUT2D eigenvalue weighted by Gasteiger charge is 2.34. The van der Waals surface area contributed by atoms with Crippen molar-refractivity contribution in [3.05, 3.63) is 53.3 Å². The van der Waals surface area contributed by atoms with Gasteiger partial charge >= 0.3 is 13.1 Å². The number of urea groups is 1. The van der Waals surface area contributed by atoms with Gasteiger partial charge in [-0.15, -0.1) is 0 Å². The molecule has 2 aliphatic rings. The van der Waals surface area contributed by atoms with Crippen molar-refractivity contribution in [1.82, 2.24) is 19.5 Å². The van der Waals surface area contributed by atoms with Crippen molar-refractivity contribution in [2.45, 2.75) is 75.9 Å². The molecule has 5 rings (SSSR count). The first kappa shape index (κ1) is 30.0. The minimum Gasteiger partial charge on any atom is -0.474 e. The standard InChI is InChI=1S/C28H36BN5O7S/c1-18-15-19-5-4-6-22(19)26(25(18)20-7-11-30-23(16-20)41-21-9-13-40-14-10-21)31-27(35)33-42(38,39)24-8-12-34(32-24)17-28(2,3)29(36)37/h7-8,11-12,15-16,21,36-37H,4-6,9-10,13-14,17H2,1-3H3,(H2,31,33,35). The van der Waals surface area contributed by atoms with Crippen molar-refractivity contribution in [3.63, 3.8) is 0 Å². The molecule has 1 aromatic carbocycles. The van der Waals surface area contributed by atoms with E-state index in [1.54, 1.807) is 20.0 Å². The summed E-state index contributed by atoms with van der Waals surface area (Å²) in [5.41, 5.74) is 5.16. The van der Waals surface area contributed by atoms with E-state index >= 15 is 0 Å². The molecule has 0 saturated carbocycles. The first-order chi connectivity index (χ1) is 19.9. The minimum absolute atomic E-state index is 0.0134. The summed E-state index contributed by atoms with van der Waals surface area (Å²) in [6.07, 6.45) is 7.20. The molecule has 3 aromatic rings. The second-order valence-electron chi connectivity index (χ2n) is 11.5. The number of sulfonamides is 1. The van der Waals surface area contributed by atoms with Gasteiger partial charge in [-0.25, -0.2) is 14.5 Å². The zero-order valence-corrected chi connectivity index (χ0v) is 24.8. The average Bonchev–Trinajstić information content (AvgIpc) is 3.59. The van der Waals surface area contributed by atoms with E-state index < -0.39 is 28.5 Å². The van der Waals surface area contributed by atoms with Crippen LogP contribution >= 0.6 is 0 Å². The number of nitrogens with zero attached hydrogens (tertiary/aromatic N) is 3. The lowest BCUT2D eigenvalue weighted by molar-refractivity contribution is 0.0237. The first-order valence-electron chi connectivity index (χ1n) is 14.0. The van der Waals surface area contributed by atoms with Crippen LogP contribution in [0, 0.1) is 6.92 Å². The molecule has 4 N–H and O–H groups in total. The lowest BCUT2D eigenvalue weighted by Gasteiger charge is -2.23. The Morgan fingerprint density at radius 1 is 1.21 bits per heavy atom. The van der Waals surface area contributed by atoms with Crippen LogP contribution in [0.15, 0.2) is 41.7 Å². The zero-order chi connectivity index (χ0) is 30.1.